The van der Waals surface area contributed by atoms with Crippen LogP contribution in [0.25, 0.3) is 0 Å². The van der Waals surface area contributed by atoms with Gasteiger partial charge in [0.25, 0.3) is 0 Å². The topological polar surface area (TPSA) is 49.3 Å². The third-order valence-electron chi connectivity index (χ3n) is 2.96. The quantitative estimate of drug-likeness (QED) is 0.797. The summed E-state index contributed by atoms with van der Waals surface area (Å²) in [6.07, 6.45) is 1.07. The first-order valence-electron chi connectivity index (χ1n) is 5.88. The van der Waals surface area contributed by atoms with Crippen molar-refractivity contribution < 1.29 is 9.90 Å². The Bertz CT molecular complexity index is 253. The van der Waals surface area contributed by atoms with Gasteiger partial charge in [0.05, 0.1) is 0 Å². The number of carboxylic acid groups (broad SMARTS) is 1. The number of hydrogen-bond acceptors (Lipinski definition) is 3. The van der Waals surface area contributed by atoms with Crippen LogP contribution in [0.2, 0.25) is 0 Å². The summed E-state index contributed by atoms with van der Waals surface area (Å²) in [5.74, 6) is 1.60. The van der Waals surface area contributed by atoms with E-state index in [1.807, 2.05) is 25.6 Å². The Hall–Kier alpha value is -0.220. The van der Waals surface area contributed by atoms with Gasteiger partial charge in [0, 0.05) is 11.8 Å². The predicted octanol–water partition coefficient (Wildman–Crippen LogP) is 2.22. The Balaban J connectivity index is 2.55. The van der Waals surface area contributed by atoms with Crippen LogP contribution in [0.5, 0.6) is 0 Å². The highest BCUT2D eigenvalue weighted by Crippen LogP contribution is 2.33. The summed E-state index contributed by atoms with van der Waals surface area (Å²) in [4.78, 5) is 11.1. The summed E-state index contributed by atoms with van der Waals surface area (Å²) in [5, 5.41) is 12.4. The average Bonchev–Trinajstić information content (AvgIpc) is 2.11. The summed E-state index contributed by atoms with van der Waals surface area (Å²) >= 11 is 1.92. The zero-order chi connectivity index (χ0) is 12.3. The monoisotopic (exact) mass is 245 g/mol. The highest BCUT2D eigenvalue weighted by Gasteiger charge is 2.32. The molecule has 0 saturated carbocycles. The van der Waals surface area contributed by atoms with Crippen LogP contribution in [0, 0.1) is 11.3 Å². The molecule has 0 aliphatic carbocycles. The van der Waals surface area contributed by atoms with Crippen molar-refractivity contribution in [1.82, 2.24) is 5.32 Å². The molecular formula is C12H23NO2S. The van der Waals surface area contributed by atoms with Crippen LogP contribution in [0.4, 0.5) is 0 Å². The van der Waals surface area contributed by atoms with Crippen LogP contribution < -0.4 is 5.32 Å². The maximum absolute atomic E-state index is 11.1. The predicted molar refractivity (Wildman–Crippen MR) is 68.9 cm³/mol. The summed E-state index contributed by atoms with van der Waals surface area (Å²) in [7, 11) is 0. The fraction of sp³-hybridized carbons (Fsp3) is 0.917. The smallest absolute Gasteiger partial charge is 0.320 e. The molecule has 16 heavy (non-hydrogen) atoms. The number of hydrogen-bond donors (Lipinski definition) is 2. The Morgan fingerprint density at radius 2 is 2.12 bits per heavy atom. The van der Waals surface area contributed by atoms with Gasteiger partial charge in [-0.1, -0.05) is 27.7 Å². The van der Waals surface area contributed by atoms with E-state index in [0.717, 1.165) is 12.2 Å². The average molecular weight is 245 g/mol. The molecule has 0 amide bonds. The molecule has 1 aliphatic heterocycles. The normalized spacial score (nSPS) is 26.7. The van der Waals surface area contributed by atoms with E-state index < -0.39 is 12.0 Å². The first-order chi connectivity index (χ1) is 7.32. The maximum atomic E-state index is 11.1. The molecule has 0 aromatic heterocycles. The van der Waals surface area contributed by atoms with Crippen molar-refractivity contribution in [3.05, 3.63) is 0 Å². The van der Waals surface area contributed by atoms with Crippen molar-refractivity contribution in [1.29, 1.82) is 0 Å². The van der Waals surface area contributed by atoms with Gasteiger partial charge in [0.2, 0.25) is 0 Å². The van der Waals surface area contributed by atoms with Crippen LogP contribution in [0.15, 0.2) is 0 Å². The Morgan fingerprint density at radius 1 is 1.50 bits per heavy atom. The van der Waals surface area contributed by atoms with E-state index in [9.17, 15) is 4.79 Å². The van der Waals surface area contributed by atoms with E-state index in [1.165, 1.54) is 5.75 Å². The SMILES string of the molecule is CC(C)C(NC1CSCC(C)(C)C1)C(=O)O. The lowest BCUT2D eigenvalue weighted by Gasteiger charge is -2.37. The number of carboxylic acids is 1. The van der Waals surface area contributed by atoms with Crippen LogP contribution in [0.1, 0.15) is 34.1 Å². The summed E-state index contributed by atoms with van der Waals surface area (Å²) < 4.78 is 0. The minimum Gasteiger partial charge on any atom is -0.480 e. The molecule has 2 unspecified atom stereocenters. The van der Waals surface area contributed by atoms with Crippen LogP contribution in [-0.2, 0) is 4.79 Å². The van der Waals surface area contributed by atoms with E-state index in [4.69, 9.17) is 5.11 Å². The lowest BCUT2D eigenvalue weighted by atomic mass is 9.87. The fourth-order valence-corrected chi connectivity index (χ4v) is 3.46. The van der Waals surface area contributed by atoms with Gasteiger partial charge in [0.15, 0.2) is 0 Å². The van der Waals surface area contributed by atoms with Crippen molar-refractivity contribution in [3.8, 4) is 0 Å². The number of thioether (sulfide) groups is 1. The molecule has 0 spiro atoms. The van der Waals surface area contributed by atoms with E-state index in [-0.39, 0.29) is 5.92 Å². The fourth-order valence-electron chi connectivity index (χ4n) is 2.17. The minimum absolute atomic E-state index is 0.132. The molecule has 3 nitrogen and oxygen atoms in total. The summed E-state index contributed by atoms with van der Waals surface area (Å²) in [6, 6.07) is -0.0863. The molecule has 0 aromatic rings. The molecule has 2 N–H and O–H groups in total. The van der Waals surface area contributed by atoms with Crippen molar-refractivity contribution >= 4 is 17.7 Å². The molecule has 4 heteroatoms. The largest absolute Gasteiger partial charge is 0.480 e. The Labute approximate surface area is 102 Å². The second-order valence-corrected chi connectivity index (χ2v) is 6.84. The van der Waals surface area contributed by atoms with Crippen molar-refractivity contribution in [2.24, 2.45) is 11.3 Å². The number of carbonyl (C=O) groups is 1. The molecule has 1 fully saturated rings. The minimum atomic E-state index is -0.733. The third-order valence-corrected chi connectivity index (χ3v) is 4.58. The highest BCUT2D eigenvalue weighted by molar-refractivity contribution is 7.99. The van der Waals surface area contributed by atoms with Gasteiger partial charge in [0.1, 0.15) is 6.04 Å². The first kappa shape index (κ1) is 13.8. The van der Waals surface area contributed by atoms with Gasteiger partial charge in [-0.2, -0.15) is 11.8 Å². The Kier molecular flexibility index (Phi) is 4.68. The van der Waals surface area contributed by atoms with Gasteiger partial charge in [-0.05, 0) is 23.5 Å². The van der Waals surface area contributed by atoms with Crippen molar-refractivity contribution in [3.63, 3.8) is 0 Å². The maximum Gasteiger partial charge on any atom is 0.320 e. The molecule has 2 atom stereocenters. The van der Waals surface area contributed by atoms with E-state index in [1.54, 1.807) is 0 Å². The third kappa shape index (κ3) is 3.98. The van der Waals surface area contributed by atoms with E-state index in [2.05, 4.69) is 19.2 Å². The molecule has 1 rings (SSSR count). The van der Waals surface area contributed by atoms with Gasteiger partial charge < -0.3 is 10.4 Å². The van der Waals surface area contributed by atoms with Gasteiger partial charge in [-0.3, -0.25) is 4.79 Å². The van der Waals surface area contributed by atoms with E-state index in [0.29, 0.717) is 11.5 Å². The highest BCUT2D eigenvalue weighted by atomic mass is 32.2. The number of aliphatic carboxylic acids is 1. The standard InChI is InChI=1S/C12H23NO2S/c1-8(2)10(11(14)15)13-9-5-12(3,4)7-16-6-9/h8-10,13H,5-7H2,1-4H3,(H,14,15). The van der Waals surface area contributed by atoms with Crippen LogP contribution in [0.3, 0.4) is 0 Å². The van der Waals surface area contributed by atoms with Crippen LogP contribution >= 0.6 is 11.8 Å². The number of nitrogens with one attached hydrogen (secondary N) is 1. The molecule has 1 aliphatic rings. The molecule has 0 bridgehead atoms. The van der Waals surface area contributed by atoms with E-state index >= 15 is 0 Å². The second-order valence-electron chi connectivity index (χ2n) is 5.81. The second kappa shape index (κ2) is 5.41. The zero-order valence-electron chi connectivity index (χ0n) is 10.6. The summed E-state index contributed by atoms with van der Waals surface area (Å²) in [6.45, 7) is 8.40. The summed E-state index contributed by atoms with van der Waals surface area (Å²) in [5.41, 5.74) is 0.320. The lowest BCUT2D eigenvalue weighted by molar-refractivity contribution is -0.140. The molecule has 0 radical (unpaired) electrons. The number of rotatable bonds is 4. The molecule has 1 saturated heterocycles. The van der Waals surface area contributed by atoms with Crippen molar-refractivity contribution in [2.45, 2.75) is 46.2 Å². The van der Waals surface area contributed by atoms with Gasteiger partial charge in [-0.25, -0.2) is 0 Å². The molecule has 1 heterocycles. The van der Waals surface area contributed by atoms with Gasteiger partial charge in [-0.15, -0.1) is 0 Å². The van der Waals surface area contributed by atoms with Crippen LogP contribution in [-0.4, -0.2) is 34.7 Å². The molecular weight excluding hydrogens is 222 g/mol. The first-order valence-corrected chi connectivity index (χ1v) is 7.04. The van der Waals surface area contributed by atoms with Crippen molar-refractivity contribution in [2.75, 3.05) is 11.5 Å². The van der Waals surface area contributed by atoms with Gasteiger partial charge >= 0.3 is 5.97 Å². The molecule has 94 valence electrons. The Morgan fingerprint density at radius 3 is 2.56 bits per heavy atom. The lowest BCUT2D eigenvalue weighted by Crippen LogP contribution is -2.50. The zero-order valence-corrected chi connectivity index (χ0v) is 11.4. The molecule has 0 aromatic carbocycles.